The molecule has 23 heteroatoms. The molecule has 0 aromatic carbocycles. The Bertz CT molecular complexity index is 2050. The van der Waals surface area contributed by atoms with Gasteiger partial charge >= 0.3 is 5.97 Å². The van der Waals surface area contributed by atoms with Crippen LogP contribution in [0.25, 0.3) is 0 Å². The highest BCUT2D eigenvalue weighted by Gasteiger charge is 2.60. The quantitative estimate of drug-likeness (QED) is 0.0199. The molecule has 0 aromatic rings. The number of carboxylic acid groups (broad SMARTS) is 1. The maximum absolute atomic E-state index is 13.6. The highest BCUT2D eigenvalue weighted by atomic mass is 16.8. The van der Waals surface area contributed by atoms with E-state index in [9.17, 15) is 75.7 Å². The van der Waals surface area contributed by atoms with Crippen molar-refractivity contribution in [3.8, 4) is 0 Å². The van der Waals surface area contributed by atoms with E-state index >= 15 is 0 Å². The predicted molar refractivity (Wildman–Crippen MR) is 385 cm³/mol. The van der Waals surface area contributed by atoms with Crippen LogP contribution in [0.3, 0.4) is 0 Å². The minimum atomic E-state index is -3.08. The first-order valence-electron chi connectivity index (χ1n) is 40.0. The monoisotopic (exact) mass is 1430 g/mol. The van der Waals surface area contributed by atoms with Crippen LogP contribution in [0, 0.1) is 0 Å². The summed E-state index contributed by atoms with van der Waals surface area (Å²) in [6, 6.07) is -2.53. The van der Waals surface area contributed by atoms with E-state index in [1.807, 2.05) is 0 Å². The fraction of sp³-hybridized carbons (Fsp3) is 0.935. The molecule has 0 aromatic heterocycles. The van der Waals surface area contributed by atoms with Gasteiger partial charge in [0.2, 0.25) is 11.8 Å². The Balaban J connectivity index is 1.52. The number of hydrogen-bond acceptors (Lipinski definition) is 20. The number of hydrogen-bond donors (Lipinski definition) is 14. The van der Waals surface area contributed by atoms with Crippen LogP contribution in [0.2, 0.25) is 0 Å². The molecule has 18 unspecified atom stereocenters. The number of amides is 2. The Morgan fingerprint density at radius 2 is 0.930 bits per heavy atom. The van der Waals surface area contributed by atoms with Gasteiger partial charge in [-0.25, -0.2) is 4.79 Å². The Hall–Kier alpha value is -2.53. The van der Waals surface area contributed by atoms with Crippen LogP contribution in [-0.2, 0) is 42.8 Å². The molecule has 588 valence electrons. The molecule has 2 amide bonds. The van der Waals surface area contributed by atoms with Crippen LogP contribution in [0.4, 0.5) is 0 Å². The molecule has 3 rings (SSSR count). The molecule has 0 spiro atoms. The molecule has 3 aliphatic heterocycles. The molecule has 3 heterocycles. The number of carbonyl (C=O) groups excluding carboxylic acids is 2. The van der Waals surface area contributed by atoms with Gasteiger partial charge in [0.1, 0.15) is 67.1 Å². The first-order valence-corrected chi connectivity index (χ1v) is 40.0. The van der Waals surface area contributed by atoms with Gasteiger partial charge in [0.25, 0.3) is 5.79 Å². The molecule has 3 saturated heterocycles. The van der Waals surface area contributed by atoms with Gasteiger partial charge in [0.15, 0.2) is 12.6 Å². The van der Waals surface area contributed by atoms with Crippen molar-refractivity contribution in [2.75, 3.05) is 26.4 Å². The summed E-state index contributed by atoms with van der Waals surface area (Å²) in [5.41, 5.74) is 0. The summed E-state index contributed by atoms with van der Waals surface area (Å²) >= 11 is 0. The Kier molecular flexibility index (Phi) is 52.0. The van der Waals surface area contributed by atoms with Crippen LogP contribution in [0.1, 0.15) is 323 Å². The molecule has 0 bridgehead atoms. The minimum absolute atomic E-state index is 0.223. The zero-order chi connectivity index (χ0) is 73.2. The topological polar surface area (TPSA) is 373 Å². The van der Waals surface area contributed by atoms with Gasteiger partial charge in [-0.3, -0.25) is 9.59 Å². The smallest absolute Gasteiger partial charge is 0.364 e. The number of ether oxygens (including phenoxy) is 6. The second-order valence-electron chi connectivity index (χ2n) is 29.3. The summed E-state index contributed by atoms with van der Waals surface area (Å²) in [4.78, 5) is 38.7. The van der Waals surface area contributed by atoms with E-state index in [2.05, 4.69) is 36.6 Å². The van der Waals surface area contributed by atoms with Crippen LogP contribution in [0.5, 0.6) is 0 Å². The molecule has 23 nitrogen and oxygen atoms in total. The summed E-state index contributed by atoms with van der Waals surface area (Å²) in [5, 5.41) is 137. The highest BCUT2D eigenvalue weighted by molar-refractivity contribution is 5.77. The third kappa shape index (κ3) is 37.1. The third-order valence-electron chi connectivity index (χ3n) is 20.5. The van der Waals surface area contributed by atoms with E-state index < -0.39 is 148 Å². The lowest BCUT2D eigenvalue weighted by Gasteiger charge is -2.50. The SMILES string of the molecule is CCCCCCCCCCCCCC/C=C\CCCCCCCCCCCC(=O)NC(COC1OC(CO)C(OC2OC(CO)C(O)C(OC3(C(=O)O)CC(O)C(NC(C)=O)C(C(O)C(O)CO)O3)C2O)C(O)C1O)C(O)CCCCCCCCCCCCCCCCCCCCCCC. The standard InChI is InChI=1S/C77H144N2O21/c1-4-6-8-10-12-14-16-18-20-22-24-26-27-28-29-31-33-35-37-39-41-43-45-47-49-51-64(87)79-58(59(84)50-48-46-44-42-40-38-36-34-32-30-25-23-21-19-17-15-13-11-9-7-5-2)56-95-74-69(91)68(90)71(63(55-82)97-74)98-75-70(92)73(67(89)62(54-81)96-75)100-77(76(93)94)52-60(85)65(78-57(3)83)72(99-77)66(88)61(86)53-80/h28-29,58-63,65-75,80-82,84-86,88-92H,4-27,30-56H2,1-3H3,(H,78,83)(H,79,87)(H,93,94)/b29-28-. The van der Waals surface area contributed by atoms with Crippen molar-refractivity contribution in [3.63, 3.8) is 0 Å². The minimum Gasteiger partial charge on any atom is -0.477 e. The van der Waals surface area contributed by atoms with E-state index in [4.69, 9.17) is 28.4 Å². The van der Waals surface area contributed by atoms with Crippen molar-refractivity contribution in [2.45, 2.75) is 432 Å². The summed E-state index contributed by atoms with van der Waals surface area (Å²) in [5.74, 6) is -6.10. The molecular formula is C77H144N2O21. The number of carbonyl (C=O) groups is 3. The molecule has 0 aliphatic carbocycles. The van der Waals surface area contributed by atoms with Gasteiger partial charge in [-0.05, 0) is 38.5 Å². The predicted octanol–water partition coefficient (Wildman–Crippen LogP) is 10.2. The summed E-state index contributed by atoms with van der Waals surface area (Å²) in [6.45, 7) is 2.26. The van der Waals surface area contributed by atoms with E-state index in [1.165, 1.54) is 212 Å². The molecule has 18 atom stereocenters. The number of allylic oxidation sites excluding steroid dienone is 2. The number of aliphatic hydroxyl groups is 11. The maximum atomic E-state index is 13.6. The Labute approximate surface area is 601 Å². The van der Waals surface area contributed by atoms with Gasteiger partial charge in [0.05, 0.1) is 50.7 Å². The summed E-state index contributed by atoms with van der Waals surface area (Å²) < 4.78 is 35.0. The number of carboxylic acids is 1. The van der Waals surface area contributed by atoms with E-state index in [0.29, 0.717) is 19.3 Å². The third-order valence-corrected chi connectivity index (χ3v) is 20.5. The average molecular weight is 1430 g/mol. The van der Waals surface area contributed by atoms with Crippen molar-refractivity contribution in [2.24, 2.45) is 0 Å². The van der Waals surface area contributed by atoms with Gasteiger partial charge < -0.3 is 100 Å². The first-order chi connectivity index (χ1) is 48.4. The zero-order valence-corrected chi connectivity index (χ0v) is 62.1. The highest BCUT2D eigenvalue weighted by Crippen LogP contribution is 2.39. The van der Waals surface area contributed by atoms with Crippen molar-refractivity contribution >= 4 is 17.8 Å². The van der Waals surface area contributed by atoms with Crippen LogP contribution >= 0.6 is 0 Å². The normalized spacial score (nSPS) is 27.0. The van der Waals surface area contributed by atoms with E-state index in [0.717, 1.165) is 64.7 Å². The van der Waals surface area contributed by atoms with Crippen molar-refractivity contribution in [1.29, 1.82) is 0 Å². The number of rotatable bonds is 63. The average Bonchev–Trinajstić information content (AvgIpc) is 0.758. The van der Waals surface area contributed by atoms with Crippen molar-refractivity contribution in [1.82, 2.24) is 10.6 Å². The van der Waals surface area contributed by atoms with Crippen LogP contribution < -0.4 is 10.6 Å². The lowest BCUT2D eigenvalue weighted by Crippen LogP contribution is -2.70. The summed E-state index contributed by atoms with van der Waals surface area (Å²) in [7, 11) is 0. The molecule has 14 N–H and O–H groups in total. The van der Waals surface area contributed by atoms with Gasteiger partial charge in [-0.1, -0.05) is 276 Å². The van der Waals surface area contributed by atoms with E-state index in [1.54, 1.807) is 0 Å². The number of unbranched alkanes of at least 4 members (excludes halogenated alkanes) is 41. The molecule has 0 radical (unpaired) electrons. The Morgan fingerprint density at radius 3 is 1.35 bits per heavy atom. The molecular weight excluding hydrogens is 1290 g/mol. The molecule has 0 saturated carbocycles. The number of aliphatic carboxylic acids is 1. The molecule has 3 fully saturated rings. The lowest BCUT2D eigenvalue weighted by atomic mass is 9.88. The second-order valence-corrected chi connectivity index (χ2v) is 29.3. The van der Waals surface area contributed by atoms with Crippen LogP contribution in [-0.4, -0.2) is 215 Å². The lowest BCUT2D eigenvalue weighted by molar-refractivity contribution is -0.386. The van der Waals surface area contributed by atoms with Crippen LogP contribution in [0.15, 0.2) is 12.2 Å². The van der Waals surface area contributed by atoms with Crippen molar-refractivity contribution < 1.29 is 104 Å². The Morgan fingerprint density at radius 1 is 0.510 bits per heavy atom. The molecule has 100 heavy (non-hydrogen) atoms. The van der Waals surface area contributed by atoms with Gasteiger partial charge in [0, 0.05) is 19.8 Å². The zero-order valence-electron chi connectivity index (χ0n) is 62.1. The van der Waals surface area contributed by atoms with Gasteiger partial charge in [-0.2, -0.15) is 0 Å². The largest absolute Gasteiger partial charge is 0.477 e. The molecule has 3 aliphatic rings. The summed E-state index contributed by atoms with van der Waals surface area (Å²) in [6.07, 6.45) is 30.6. The number of aliphatic hydroxyl groups excluding tert-OH is 11. The maximum Gasteiger partial charge on any atom is 0.364 e. The fourth-order valence-electron chi connectivity index (χ4n) is 14.1. The van der Waals surface area contributed by atoms with Crippen molar-refractivity contribution in [3.05, 3.63) is 12.2 Å². The second kappa shape index (κ2) is 56.8. The fourth-order valence-corrected chi connectivity index (χ4v) is 14.1. The first kappa shape index (κ1) is 91.7. The van der Waals surface area contributed by atoms with Gasteiger partial charge in [-0.15, -0.1) is 0 Å². The van der Waals surface area contributed by atoms with E-state index in [-0.39, 0.29) is 18.9 Å². The number of nitrogens with one attached hydrogen (secondary N) is 2.